The number of nitrogens with zero attached hydrogens (tertiary/aromatic N) is 8. The highest BCUT2D eigenvalue weighted by atomic mass is 16.5. The summed E-state index contributed by atoms with van der Waals surface area (Å²) >= 11 is 0. The number of ether oxygens (including phenoxy) is 1. The largest absolute Gasteiger partial charge is 0.467 e. The number of rotatable bonds is 5. The highest BCUT2D eigenvalue weighted by Gasteiger charge is 2.44. The number of anilines is 1. The average Bonchev–Trinajstić information content (AvgIpc) is 3.30. The van der Waals surface area contributed by atoms with Gasteiger partial charge in [0.15, 0.2) is 0 Å². The Kier molecular flexibility index (Phi) is 4.89. The molecule has 7 rings (SSSR count). The van der Waals surface area contributed by atoms with Gasteiger partial charge in [-0.3, -0.25) is 4.90 Å². The molecule has 0 radical (unpaired) electrons. The number of methoxy groups -OCH3 is 1. The topological polar surface area (TPSA) is 95.5 Å². The van der Waals surface area contributed by atoms with Gasteiger partial charge in [-0.05, 0) is 37.1 Å². The number of piperidine rings is 1. The molecule has 2 bridgehead atoms. The summed E-state index contributed by atoms with van der Waals surface area (Å²) in [6.45, 7) is 4.79. The van der Waals surface area contributed by atoms with E-state index in [1.165, 1.54) is 6.42 Å². The van der Waals surface area contributed by atoms with Gasteiger partial charge in [-0.2, -0.15) is 10.4 Å². The second kappa shape index (κ2) is 8.08. The van der Waals surface area contributed by atoms with E-state index in [0.29, 0.717) is 23.7 Å². The van der Waals surface area contributed by atoms with E-state index in [9.17, 15) is 5.26 Å². The summed E-state index contributed by atoms with van der Waals surface area (Å²) in [5.41, 5.74) is 5.53. The van der Waals surface area contributed by atoms with Crippen LogP contribution in [0.2, 0.25) is 0 Å². The first kappa shape index (κ1) is 20.6. The van der Waals surface area contributed by atoms with Crippen LogP contribution in [0.5, 0.6) is 6.01 Å². The fourth-order valence-corrected chi connectivity index (χ4v) is 5.16. The van der Waals surface area contributed by atoms with Crippen LogP contribution >= 0.6 is 0 Å². The third-order valence-corrected chi connectivity index (χ3v) is 6.83. The van der Waals surface area contributed by atoms with Crippen LogP contribution in [0, 0.1) is 18.3 Å². The first-order valence-electron chi connectivity index (χ1n) is 11.3. The molecule has 0 aromatic carbocycles. The van der Waals surface area contributed by atoms with Crippen LogP contribution in [0.4, 0.5) is 5.82 Å². The number of nitriles is 1. The van der Waals surface area contributed by atoms with Crippen molar-refractivity contribution in [2.45, 2.75) is 32.0 Å². The molecule has 2 atom stereocenters. The predicted molar refractivity (Wildman–Crippen MR) is 126 cm³/mol. The molecule has 170 valence electrons. The van der Waals surface area contributed by atoms with Crippen LogP contribution in [0.3, 0.4) is 0 Å². The molecule has 4 aromatic rings. The smallest absolute Gasteiger partial charge is 0.316 e. The van der Waals surface area contributed by atoms with E-state index in [2.05, 4.69) is 49.1 Å². The van der Waals surface area contributed by atoms with E-state index >= 15 is 0 Å². The van der Waals surface area contributed by atoms with Crippen LogP contribution in [0.1, 0.15) is 23.1 Å². The van der Waals surface area contributed by atoms with Crippen LogP contribution in [-0.4, -0.2) is 61.7 Å². The molecular formula is C25H24N8O. The highest BCUT2D eigenvalue weighted by Crippen LogP contribution is 2.36. The van der Waals surface area contributed by atoms with E-state index < -0.39 is 0 Å². The minimum Gasteiger partial charge on any atom is -0.467 e. The Morgan fingerprint density at radius 2 is 1.88 bits per heavy atom. The number of aromatic nitrogens is 5. The maximum Gasteiger partial charge on any atom is 0.316 e. The Morgan fingerprint density at radius 1 is 1.09 bits per heavy atom. The molecular weight excluding hydrogens is 428 g/mol. The molecule has 0 N–H and O–H groups in total. The first-order valence-corrected chi connectivity index (χ1v) is 11.3. The van der Waals surface area contributed by atoms with Gasteiger partial charge in [0.1, 0.15) is 11.9 Å². The molecule has 7 heterocycles. The summed E-state index contributed by atoms with van der Waals surface area (Å²) in [5.74, 6) is 0.989. The fraction of sp³-hybridized carbons (Fsp3) is 0.320. The number of hydrogen-bond donors (Lipinski definition) is 0. The quantitative estimate of drug-likeness (QED) is 0.456. The fourth-order valence-electron chi connectivity index (χ4n) is 5.16. The van der Waals surface area contributed by atoms with Crippen molar-refractivity contribution >= 4 is 11.3 Å². The Labute approximate surface area is 197 Å². The Balaban J connectivity index is 1.18. The lowest BCUT2D eigenvalue weighted by Crippen LogP contribution is -2.68. The van der Waals surface area contributed by atoms with E-state index in [1.807, 2.05) is 31.7 Å². The number of pyridine rings is 2. The maximum atomic E-state index is 9.50. The zero-order valence-corrected chi connectivity index (χ0v) is 19.1. The lowest BCUT2D eigenvalue weighted by atomic mass is 9.87. The molecule has 3 saturated heterocycles. The lowest BCUT2D eigenvalue weighted by Gasteiger charge is -2.56. The van der Waals surface area contributed by atoms with Gasteiger partial charge in [0, 0.05) is 73.2 Å². The SMILES string of the molecule is COc1ncc(CN2C3CC2CN(c2ccc(-c4cc(C)cn5ncc(C#N)c45)cn2)C3)cn1. The molecule has 4 aromatic heterocycles. The Hall–Kier alpha value is -4.03. The maximum absolute atomic E-state index is 9.50. The second-order valence-corrected chi connectivity index (χ2v) is 9.00. The van der Waals surface area contributed by atoms with E-state index in [-0.39, 0.29) is 0 Å². The number of hydrogen-bond acceptors (Lipinski definition) is 8. The number of piperazine rings is 1. The predicted octanol–water partition coefficient (Wildman–Crippen LogP) is 2.84. The molecule has 0 spiro atoms. The van der Waals surface area contributed by atoms with Gasteiger partial charge < -0.3 is 9.64 Å². The Bertz CT molecular complexity index is 1380. The van der Waals surface area contributed by atoms with Crippen molar-refractivity contribution in [2.75, 3.05) is 25.1 Å². The van der Waals surface area contributed by atoms with Gasteiger partial charge >= 0.3 is 6.01 Å². The van der Waals surface area contributed by atoms with Crippen LogP contribution in [0.15, 0.2) is 49.2 Å². The van der Waals surface area contributed by atoms with Crippen molar-refractivity contribution in [1.29, 1.82) is 5.26 Å². The van der Waals surface area contributed by atoms with Gasteiger partial charge in [-0.25, -0.2) is 19.5 Å². The summed E-state index contributed by atoms with van der Waals surface area (Å²) < 4.78 is 6.83. The zero-order valence-electron chi connectivity index (χ0n) is 19.1. The molecule has 3 aliphatic heterocycles. The molecule has 2 unspecified atom stereocenters. The molecule has 0 aliphatic carbocycles. The summed E-state index contributed by atoms with van der Waals surface area (Å²) in [6.07, 6.45) is 10.4. The summed E-state index contributed by atoms with van der Waals surface area (Å²) in [4.78, 5) is 18.2. The van der Waals surface area contributed by atoms with Gasteiger partial charge in [0.25, 0.3) is 0 Å². The zero-order chi connectivity index (χ0) is 23.2. The van der Waals surface area contributed by atoms with E-state index in [4.69, 9.17) is 9.72 Å². The monoisotopic (exact) mass is 452 g/mol. The van der Waals surface area contributed by atoms with Gasteiger partial charge in [-0.1, -0.05) is 0 Å². The molecule has 3 fully saturated rings. The van der Waals surface area contributed by atoms with Crippen LogP contribution < -0.4 is 9.64 Å². The third kappa shape index (κ3) is 3.43. The van der Waals surface area contributed by atoms with Crippen molar-refractivity contribution in [1.82, 2.24) is 29.5 Å². The van der Waals surface area contributed by atoms with Gasteiger partial charge in [0.05, 0.1) is 24.4 Å². The van der Waals surface area contributed by atoms with Crippen molar-refractivity contribution in [2.24, 2.45) is 0 Å². The van der Waals surface area contributed by atoms with Crippen LogP contribution in [-0.2, 0) is 6.54 Å². The number of fused-ring (bicyclic) bond motifs is 3. The third-order valence-electron chi connectivity index (χ3n) is 6.83. The van der Waals surface area contributed by atoms with Crippen LogP contribution in [0.25, 0.3) is 16.6 Å². The molecule has 9 heteroatoms. The van der Waals surface area contributed by atoms with E-state index in [1.54, 1.807) is 17.8 Å². The van der Waals surface area contributed by atoms with Crippen molar-refractivity contribution < 1.29 is 4.74 Å². The molecule has 0 amide bonds. The summed E-state index contributed by atoms with van der Waals surface area (Å²) in [6, 6.07) is 9.93. The number of aryl methyl sites for hydroxylation is 1. The molecule has 9 nitrogen and oxygen atoms in total. The van der Waals surface area contributed by atoms with Gasteiger partial charge in [0.2, 0.25) is 0 Å². The molecule has 34 heavy (non-hydrogen) atoms. The Morgan fingerprint density at radius 3 is 2.56 bits per heavy atom. The summed E-state index contributed by atoms with van der Waals surface area (Å²) in [5, 5.41) is 13.8. The normalized spacial score (nSPS) is 19.6. The first-order chi connectivity index (χ1) is 16.6. The molecule has 3 aliphatic rings. The van der Waals surface area contributed by atoms with E-state index in [0.717, 1.165) is 53.2 Å². The van der Waals surface area contributed by atoms with Crippen molar-refractivity contribution in [3.05, 3.63) is 65.9 Å². The summed E-state index contributed by atoms with van der Waals surface area (Å²) in [7, 11) is 1.58. The van der Waals surface area contributed by atoms with Crippen molar-refractivity contribution in [3.63, 3.8) is 0 Å². The lowest BCUT2D eigenvalue weighted by molar-refractivity contribution is -0.00886. The average molecular weight is 453 g/mol. The molecule has 0 saturated carbocycles. The standard InChI is InChI=1S/C25H24N8O/c1-16-5-22(24-19(7-26)11-30-33(24)12-16)18-3-4-23(27-10-18)31-14-20-6-21(15-31)32(20)13-17-8-28-25(34-2)29-9-17/h3-5,8-12,20-21H,6,13-15H2,1-2H3. The minimum atomic E-state index is 0.400. The minimum absolute atomic E-state index is 0.400. The highest BCUT2D eigenvalue weighted by molar-refractivity contribution is 5.84. The second-order valence-electron chi connectivity index (χ2n) is 9.00. The van der Waals surface area contributed by atoms with Gasteiger partial charge in [-0.15, -0.1) is 0 Å². The van der Waals surface area contributed by atoms with Crippen molar-refractivity contribution in [3.8, 4) is 23.2 Å².